The van der Waals surface area contributed by atoms with Gasteiger partial charge >= 0.3 is 6.09 Å². The molecule has 0 saturated carbocycles. The number of ether oxygens (including phenoxy) is 1. The zero-order chi connectivity index (χ0) is 9.68. The summed E-state index contributed by atoms with van der Waals surface area (Å²) in [5, 5.41) is 0. The lowest BCUT2D eigenvalue weighted by molar-refractivity contribution is -0.110. The molecule has 0 spiro atoms. The third-order valence-electron chi connectivity index (χ3n) is 2.00. The van der Waals surface area contributed by atoms with Crippen LogP contribution in [0.4, 0.5) is 4.79 Å². The molecule has 0 aromatic heterocycles. The number of hydrogen-bond donors (Lipinski definition) is 0. The Morgan fingerprint density at radius 2 is 2.46 bits per heavy atom. The summed E-state index contributed by atoms with van der Waals surface area (Å²) in [6, 6.07) is 0. The number of nitrogens with zero attached hydrogens (tertiary/aromatic N) is 1. The SMILES string of the molecule is C=CCOC(=O)N1CCC(C=O)C1. The van der Waals surface area contributed by atoms with Crippen LogP contribution in [0.25, 0.3) is 0 Å². The average Bonchev–Trinajstić information content (AvgIpc) is 2.62. The molecular weight excluding hydrogens is 170 g/mol. The van der Waals surface area contributed by atoms with E-state index in [1.165, 1.54) is 6.08 Å². The Morgan fingerprint density at radius 1 is 1.69 bits per heavy atom. The lowest BCUT2D eigenvalue weighted by Gasteiger charge is -2.14. The van der Waals surface area contributed by atoms with Crippen LogP contribution < -0.4 is 0 Å². The summed E-state index contributed by atoms with van der Waals surface area (Å²) in [5.41, 5.74) is 0. The van der Waals surface area contributed by atoms with Gasteiger partial charge in [-0.2, -0.15) is 0 Å². The number of carbonyl (C=O) groups is 2. The van der Waals surface area contributed by atoms with Crippen LogP contribution in [-0.4, -0.2) is 37.0 Å². The van der Waals surface area contributed by atoms with Crippen LogP contribution in [0.3, 0.4) is 0 Å². The number of rotatable bonds is 3. The van der Waals surface area contributed by atoms with Crippen molar-refractivity contribution in [2.45, 2.75) is 6.42 Å². The molecule has 0 aromatic carbocycles. The Hall–Kier alpha value is -1.32. The minimum atomic E-state index is -0.357. The van der Waals surface area contributed by atoms with E-state index in [0.29, 0.717) is 13.1 Å². The third-order valence-corrected chi connectivity index (χ3v) is 2.00. The fraction of sp³-hybridized carbons (Fsp3) is 0.556. The molecule has 4 heteroatoms. The second kappa shape index (κ2) is 4.64. The van der Waals surface area contributed by atoms with Gasteiger partial charge in [0.1, 0.15) is 12.9 Å². The van der Waals surface area contributed by atoms with Crippen molar-refractivity contribution in [1.29, 1.82) is 0 Å². The summed E-state index contributed by atoms with van der Waals surface area (Å²) < 4.78 is 4.82. The van der Waals surface area contributed by atoms with Crippen LogP contribution in [0.1, 0.15) is 6.42 Å². The van der Waals surface area contributed by atoms with Gasteiger partial charge in [-0.3, -0.25) is 0 Å². The smallest absolute Gasteiger partial charge is 0.410 e. The highest BCUT2D eigenvalue weighted by molar-refractivity contribution is 5.69. The highest BCUT2D eigenvalue weighted by Crippen LogP contribution is 2.14. The minimum Gasteiger partial charge on any atom is -0.445 e. The van der Waals surface area contributed by atoms with Crippen molar-refractivity contribution < 1.29 is 14.3 Å². The Labute approximate surface area is 77.2 Å². The minimum absolute atomic E-state index is 0.0173. The van der Waals surface area contributed by atoms with E-state index in [2.05, 4.69) is 6.58 Å². The highest BCUT2D eigenvalue weighted by atomic mass is 16.6. The van der Waals surface area contributed by atoms with E-state index in [1.54, 1.807) is 4.90 Å². The first kappa shape index (κ1) is 9.77. The van der Waals surface area contributed by atoms with Crippen molar-refractivity contribution >= 4 is 12.4 Å². The number of likely N-dealkylation sites (tertiary alicyclic amines) is 1. The molecule has 1 amide bonds. The Morgan fingerprint density at radius 3 is 3.00 bits per heavy atom. The maximum absolute atomic E-state index is 11.2. The molecule has 1 heterocycles. The van der Waals surface area contributed by atoms with Crippen LogP contribution in [0.15, 0.2) is 12.7 Å². The monoisotopic (exact) mass is 183 g/mol. The zero-order valence-corrected chi connectivity index (χ0v) is 7.44. The van der Waals surface area contributed by atoms with Gasteiger partial charge in [0, 0.05) is 19.0 Å². The summed E-state index contributed by atoms with van der Waals surface area (Å²) >= 11 is 0. The van der Waals surface area contributed by atoms with Gasteiger partial charge < -0.3 is 14.4 Å². The second-order valence-electron chi connectivity index (χ2n) is 3.00. The van der Waals surface area contributed by atoms with Gasteiger partial charge in [0.2, 0.25) is 0 Å². The quantitative estimate of drug-likeness (QED) is 0.481. The molecule has 13 heavy (non-hydrogen) atoms. The summed E-state index contributed by atoms with van der Waals surface area (Å²) in [6.07, 6.45) is 2.79. The van der Waals surface area contributed by atoms with Gasteiger partial charge in [0.05, 0.1) is 0 Å². The van der Waals surface area contributed by atoms with Crippen molar-refractivity contribution in [2.24, 2.45) is 5.92 Å². The maximum Gasteiger partial charge on any atom is 0.410 e. The first-order valence-electron chi connectivity index (χ1n) is 4.26. The van der Waals surface area contributed by atoms with Crippen LogP contribution in [0.2, 0.25) is 0 Å². The van der Waals surface area contributed by atoms with Crippen molar-refractivity contribution in [3.8, 4) is 0 Å². The normalized spacial score (nSPS) is 21.2. The molecule has 1 aliphatic heterocycles. The Kier molecular flexibility index (Phi) is 3.49. The van der Waals surface area contributed by atoms with Gasteiger partial charge in [0.25, 0.3) is 0 Å². The first-order valence-corrected chi connectivity index (χ1v) is 4.26. The molecule has 72 valence electrons. The van der Waals surface area contributed by atoms with Crippen molar-refractivity contribution in [2.75, 3.05) is 19.7 Å². The topological polar surface area (TPSA) is 46.6 Å². The predicted octanol–water partition coefficient (Wildman–Crippen LogP) is 0.830. The van der Waals surface area contributed by atoms with E-state index in [9.17, 15) is 9.59 Å². The van der Waals surface area contributed by atoms with E-state index in [-0.39, 0.29) is 18.6 Å². The van der Waals surface area contributed by atoms with Gasteiger partial charge in [-0.05, 0) is 6.42 Å². The van der Waals surface area contributed by atoms with E-state index in [0.717, 1.165) is 12.7 Å². The summed E-state index contributed by atoms with van der Waals surface area (Å²) in [4.78, 5) is 23.1. The molecule has 1 rings (SSSR count). The second-order valence-corrected chi connectivity index (χ2v) is 3.00. The maximum atomic E-state index is 11.2. The molecule has 0 N–H and O–H groups in total. The molecule has 1 fully saturated rings. The van der Waals surface area contributed by atoms with Crippen molar-refractivity contribution in [1.82, 2.24) is 4.90 Å². The summed E-state index contributed by atoms with van der Waals surface area (Å²) in [6.45, 7) is 4.76. The van der Waals surface area contributed by atoms with E-state index in [1.807, 2.05) is 0 Å². The fourth-order valence-electron chi connectivity index (χ4n) is 1.29. The van der Waals surface area contributed by atoms with Crippen LogP contribution in [0.5, 0.6) is 0 Å². The standard InChI is InChI=1S/C9H13NO3/c1-2-5-13-9(12)10-4-3-8(6-10)7-11/h2,7-8H,1,3-6H2. The highest BCUT2D eigenvalue weighted by Gasteiger charge is 2.26. The molecule has 1 atom stereocenters. The number of carbonyl (C=O) groups excluding carboxylic acids is 2. The molecule has 1 unspecified atom stereocenters. The van der Waals surface area contributed by atoms with Crippen molar-refractivity contribution in [3.63, 3.8) is 0 Å². The molecule has 0 bridgehead atoms. The largest absolute Gasteiger partial charge is 0.445 e. The molecule has 0 aliphatic carbocycles. The lowest BCUT2D eigenvalue weighted by Crippen LogP contribution is -2.29. The van der Waals surface area contributed by atoms with Crippen LogP contribution in [0, 0.1) is 5.92 Å². The molecule has 1 aliphatic rings. The van der Waals surface area contributed by atoms with Gasteiger partial charge in [-0.25, -0.2) is 4.79 Å². The van der Waals surface area contributed by atoms with Crippen LogP contribution >= 0.6 is 0 Å². The number of aldehydes is 1. The van der Waals surface area contributed by atoms with E-state index < -0.39 is 0 Å². The molecule has 0 radical (unpaired) electrons. The average molecular weight is 183 g/mol. The van der Waals surface area contributed by atoms with Gasteiger partial charge in [-0.15, -0.1) is 0 Å². The Balaban J connectivity index is 2.32. The third kappa shape index (κ3) is 2.57. The number of hydrogen-bond acceptors (Lipinski definition) is 3. The molecule has 1 saturated heterocycles. The Bertz CT molecular complexity index is 215. The fourth-order valence-corrected chi connectivity index (χ4v) is 1.29. The predicted molar refractivity (Wildman–Crippen MR) is 47.3 cm³/mol. The zero-order valence-electron chi connectivity index (χ0n) is 7.44. The number of amides is 1. The molecular formula is C9H13NO3. The van der Waals surface area contributed by atoms with E-state index >= 15 is 0 Å². The molecule has 4 nitrogen and oxygen atoms in total. The van der Waals surface area contributed by atoms with Gasteiger partial charge in [-0.1, -0.05) is 12.7 Å². The molecule has 0 aromatic rings. The summed E-state index contributed by atoms with van der Waals surface area (Å²) in [5.74, 6) is -0.0173. The first-order chi connectivity index (χ1) is 6.27. The van der Waals surface area contributed by atoms with Crippen LogP contribution in [-0.2, 0) is 9.53 Å². The van der Waals surface area contributed by atoms with Gasteiger partial charge in [0.15, 0.2) is 0 Å². The van der Waals surface area contributed by atoms with E-state index in [4.69, 9.17) is 4.74 Å². The van der Waals surface area contributed by atoms with Crippen molar-refractivity contribution in [3.05, 3.63) is 12.7 Å². The lowest BCUT2D eigenvalue weighted by atomic mass is 10.1. The summed E-state index contributed by atoms with van der Waals surface area (Å²) in [7, 11) is 0.